The number of carbonyl (C=O) groups excluding carboxylic acids is 2. The zero-order valence-corrected chi connectivity index (χ0v) is 18.2. The summed E-state index contributed by atoms with van der Waals surface area (Å²) in [4.78, 5) is 24.0. The monoisotopic (exact) mass is 478 g/mol. The lowest BCUT2D eigenvalue weighted by Gasteiger charge is -2.40. The van der Waals surface area contributed by atoms with Crippen LogP contribution in [0, 0.1) is 0 Å². The topological polar surface area (TPSA) is 183 Å². The van der Waals surface area contributed by atoms with Crippen LogP contribution >= 0.6 is 0 Å². The summed E-state index contributed by atoms with van der Waals surface area (Å²) >= 11 is 0. The molecule has 0 radical (unpaired) electrons. The molecule has 11 nitrogen and oxygen atoms in total. The Hall–Kier alpha value is -3.38. The Balaban J connectivity index is 1.80. The van der Waals surface area contributed by atoms with Gasteiger partial charge in [-0.2, -0.15) is 0 Å². The largest absolute Gasteiger partial charge is 0.508 e. The normalized spacial score (nSPS) is 24.4. The Morgan fingerprint density at radius 3 is 2.26 bits per heavy atom. The number of rotatable bonds is 8. The molecule has 0 bridgehead atoms. The summed E-state index contributed by atoms with van der Waals surface area (Å²) in [6, 6.07) is 8.20. The van der Waals surface area contributed by atoms with Gasteiger partial charge in [-0.05, 0) is 24.1 Å². The average molecular weight is 478 g/mol. The maximum absolute atomic E-state index is 12.9. The van der Waals surface area contributed by atoms with Gasteiger partial charge in [-0.1, -0.05) is 12.1 Å². The maximum atomic E-state index is 12.9. The summed E-state index contributed by atoms with van der Waals surface area (Å²) in [5.41, 5.74) is 0.466. The Labute approximate surface area is 194 Å². The van der Waals surface area contributed by atoms with E-state index < -0.39 is 60.6 Å². The second-order valence-electron chi connectivity index (χ2n) is 7.86. The predicted octanol–water partition coefficient (Wildman–Crippen LogP) is 0.368. The highest BCUT2D eigenvalue weighted by atomic mass is 16.7. The highest BCUT2D eigenvalue weighted by Gasteiger charge is 2.45. The molecule has 3 rings (SSSR count). The molecule has 11 heteroatoms. The molecule has 1 aliphatic rings. The Kier molecular flexibility index (Phi) is 7.94. The van der Waals surface area contributed by atoms with Crippen LogP contribution in [-0.4, -0.2) is 79.7 Å². The van der Waals surface area contributed by atoms with Gasteiger partial charge in [0, 0.05) is 25.5 Å². The van der Waals surface area contributed by atoms with Crippen molar-refractivity contribution in [2.24, 2.45) is 0 Å². The molecule has 1 aliphatic heterocycles. The smallest absolute Gasteiger partial charge is 0.302 e. The van der Waals surface area contributed by atoms with Crippen molar-refractivity contribution in [3.63, 3.8) is 0 Å². The van der Waals surface area contributed by atoms with Crippen molar-refractivity contribution in [1.82, 2.24) is 0 Å². The van der Waals surface area contributed by atoms with Crippen LogP contribution in [-0.2, 0) is 20.7 Å². The zero-order valence-electron chi connectivity index (χ0n) is 18.2. The van der Waals surface area contributed by atoms with Crippen LogP contribution in [0.3, 0.4) is 0 Å². The minimum Gasteiger partial charge on any atom is -0.508 e. The van der Waals surface area contributed by atoms with Crippen molar-refractivity contribution in [1.29, 1.82) is 0 Å². The number of aliphatic hydroxyl groups is 3. The van der Waals surface area contributed by atoms with Crippen LogP contribution < -0.4 is 4.74 Å². The third kappa shape index (κ3) is 5.94. The molecule has 2 aromatic rings. The highest BCUT2D eigenvalue weighted by molar-refractivity contribution is 6.01. The number of carbonyl (C=O) groups is 2. The van der Waals surface area contributed by atoms with Gasteiger partial charge in [-0.3, -0.25) is 9.59 Å². The van der Waals surface area contributed by atoms with E-state index in [1.165, 1.54) is 12.1 Å². The van der Waals surface area contributed by atoms with E-state index >= 15 is 0 Å². The summed E-state index contributed by atoms with van der Waals surface area (Å²) in [6.45, 7) is 0.698. The molecule has 0 saturated carbocycles. The number of hydrogen-bond acceptors (Lipinski definition) is 11. The third-order valence-corrected chi connectivity index (χ3v) is 5.28. The standard InChI is InChI=1S/C23H26O11/c1-11(24)32-10-18-20(29)21(30)22(31)23(34-18)33-17-9-14(26)8-16(28)19(17)15(27)7-4-12-2-5-13(25)6-3-12/h2-3,5-6,8-9,18,20-23,25-26,28-31H,4,7,10H2,1H3/t18-,20+,21+,22-,23-/m1/s1. The van der Waals surface area contributed by atoms with E-state index in [4.69, 9.17) is 14.2 Å². The van der Waals surface area contributed by atoms with Gasteiger partial charge in [0.1, 0.15) is 59.6 Å². The van der Waals surface area contributed by atoms with Crippen molar-refractivity contribution in [2.75, 3.05) is 6.61 Å². The van der Waals surface area contributed by atoms with Crippen LogP contribution in [0.4, 0.5) is 0 Å². The van der Waals surface area contributed by atoms with Crippen LogP contribution in [0.25, 0.3) is 0 Å². The van der Waals surface area contributed by atoms with Gasteiger partial charge in [-0.25, -0.2) is 0 Å². The first-order valence-corrected chi connectivity index (χ1v) is 10.4. The lowest BCUT2D eigenvalue weighted by molar-refractivity contribution is -0.278. The summed E-state index contributed by atoms with van der Waals surface area (Å²) in [7, 11) is 0. The molecule has 34 heavy (non-hydrogen) atoms. The van der Waals surface area contributed by atoms with Gasteiger partial charge < -0.3 is 44.8 Å². The van der Waals surface area contributed by atoms with Gasteiger partial charge in [0.05, 0.1) is 0 Å². The number of phenolic OH excluding ortho intramolecular Hbond substituents is 3. The number of benzene rings is 2. The summed E-state index contributed by atoms with van der Waals surface area (Å²) in [6.07, 6.45) is -7.79. The number of hydrogen-bond donors (Lipinski definition) is 6. The minimum absolute atomic E-state index is 0.0655. The molecule has 0 aromatic heterocycles. The molecule has 1 saturated heterocycles. The number of phenols is 3. The lowest BCUT2D eigenvalue weighted by atomic mass is 9.98. The maximum Gasteiger partial charge on any atom is 0.302 e. The number of ketones is 1. The molecule has 6 N–H and O–H groups in total. The van der Waals surface area contributed by atoms with Crippen molar-refractivity contribution in [2.45, 2.75) is 50.5 Å². The second-order valence-corrected chi connectivity index (χ2v) is 7.86. The van der Waals surface area contributed by atoms with Gasteiger partial charge in [0.15, 0.2) is 5.78 Å². The first kappa shape index (κ1) is 25.2. The van der Waals surface area contributed by atoms with Gasteiger partial charge in [-0.15, -0.1) is 0 Å². The van der Waals surface area contributed by atoms with Crippen LogP contribution in [0.15, 0.2) is 36.4 Å². The van der Waals surface area contributed by atoms with E-state index in [0.29, 0.717) is 0 Å². The van der Waals surface area contributed by atoms with Gasteiger partial charge in [0.2, 0.25) is 6.29 Å². The van der Waals surface area contributed by atoms with E-state index in [1.807, 2.05) is 0 Å². The fourth-order valence-corrected chi connectivity index (χ4v) is 3.48. The molecule has 1 fully saturated rings. The fraction of sp³-hybridized carbons (Fsp3) is 0.391. The molecule has 184 valence electrons. The molecular formula is C23H26O11. The number of aliphatic hydroxyl groups excluding tert-OH is 3. The molecular weight excluding hydrogens is 452 g/mol. The first-order chi connectivity index (χ1) is 16.1. The first-order valence-electron chi connectivity index (χ1n) is 10.4. The van der Waals surface area contributed by atoms with Gasteiger partial charge >= 0.3 is 5.97 Å². The third-order valence-electron chi connectivity index (χ3n) is 5.28. The number of aryl methyl sites for hydroxylation is 1. The quantitative estimate of drug-likeness (QED) is 0.228. The van der Waals surface area contributed by atoms with E-state index in [0.717, 1.165) is 24.6 Å². The Morgan fingerprint density at radius 2 is 1.62 bits per heavy atom. The average Bonchev–Trinajstić information content (AvgIpc) is 2.77. The Bertz CT molecular complexity index is 1020. The lowest BCUT2D eigenvalue weighted by Crippen LogP contribution is -2.60. The van der Waals surface area contributed by atoms with Crippen LogP contribution in [0.2, 0.25) is 0 Å². The van der Waals surface area contributed by atoms with E-state index in [-0.39, 0.29) is 29.9 Å². The van der Waals surface area contributed by atoms with Crippen molar-refractivity contribution in [3.05, 3.63) is 47.5 Å². The van der Waals surface area contributed by atoms with Crippen molar-refractivity contribution in [3.8, 4) is 23.0 Å². The Morgan fingerprint density at radius 1 is 0.941 bits per heavy atom. The summed E-state index contributed by atoms with van der Waals surface area (Å²) < 4.78 is 15.8. The van der Waals surface area contributed by atoms with E-state index in [2.05, 4.69) is 0 Å². The molecule has 5 atom stereocenters. The number of ether oxygens (including phenoxy) is 3. The number of aromatic hydroxyl groups is 3. The fourth-order valence-electron chi connectivity index (χ4n) is 3.48. The van der Waals surface area contributed by atoms with Gasteiger partial charge in [0.25, 0.3) is 0 Å². The van der Waals surface area contributed by atoms with E-state index in [9.17, 15) is 40.2 Å². The molecule has 2 aromatic carbocycles. The molecule has 0 spiro atoms. The number of esters is 1. The SMILES string of the molecule is CC(=O)OC[C@H]1O[C@@H](Oc2cc(O)cc(O)c2C(=O)CCc2ccc(O)cc2)[C@H](O)[C@@H](O)[C@H]1O. The second kappa shape index (κ2) is 10.7. The minimum atomic E-state index is -1.77. The molecule has 0 amide bonds. The molecule has 0 aliphatic carbocycles. The van der Waals surface area contributed by atoms with Crippen molar-refractivity contribution >= 4 is 11.8 Å². The predicted molar refractivity (Wildman–Crippen MR) is 114 cm³/mol. The number of Topliss-reactive ketones (excluding diaryl/α,β-unsaturated/α-hetero) is 1. The van der Waals surface area contributed by atoms with Crippen LogP contribution in [0.1, 0.15) is 29.3 Å². The molecule has 1 heterocycles. The summed E-state index contributed by atoms with van der Waals surface area (Å²) in [5.74, 6) is -2.48. The zero-order chi connectivity index (χ0) is 25.0. The van der Waals surface area contributed by atoms with Crippen molar-refractivity contribution < 1.29 is 54.4 Å². The van der Waals surface area contributed by atoms with Crippen LogP contribution in [0.5, 0.6) is 23.0 Å². The molecule has 0 unspecified atom stereocenters. The summed E-state index contributed by atoms with van der Waals surface area (Å²) in [5, 5.41) is 60.2. The van der Waals surface area contributed by atoms with E-state index in [1.54, 1.807) is 12.1 Å². The highest BCUT2D eigenvalue weighted by Crippen LogP contribution is 2.36.